The Balaban J connectivity index is 2.36. The average molecular weight is 557 g/mol. The fourth-order valence-corrected chi connectivity index (χ4v) is 3.68. The quantitative estimate of drug-likeness (QED) is 0.193. The molecule has 0 amide bonds. The fourth-order valence-electron chi connectivity index (χ4n) is 3.28. The van der Waals surface area contributed by atoms with Gasteiger partial charge in [-0.3, -0.25) is 10.2 Å². The molecule has 0 bridgehead atoms. The molecule has 0 unspecified atom stereocenters. The van der Waals surface area contributed by atoms with Crippen molar-refractivity contribution >= 4 is 46.5 Å². The molecule has 1 aromatic heterocycles. The lowest BCUT2D eigenvalue weighted by Crippen LogP contribution is -2.21. The van der Waals surface area contributed by atoms with Crippen molar-refractivity contribution in [3.8, 4) is 5.69 Å². The number of hydrogen-bond donors (Lipinski definition) is 1. The summed E-state index contributed by atoms with van der Waals surface area (Å²) in [5, 5.41) is 8.13. The minimum Gasteiger partial charge on any atom is -0.466 e. The Labute approximate surface area is 220 Å². The molecule has 13 heteroatoms. The maximum Gasteiger partial charge on any atom is 0.436 e. The number of carbonyl (C=O) groups is 2. The van der Waals surface area contributed by atoms with Crippen LogP contribution in [-0.4, -0.2) is 40.6 Å². The van der Waals surface area contributed by atoms with Crippen LogP contribution in [-0.2, 0) is 20.4 Å². The maximum absolute atomic E-state index is 14.1. The molecule has 1 N–H and O–H groups in total. The SMILES string of the molecule is CCOC(=O)C/C(=N\Nc1ccccc1Cl)c1c(C(=O)OCC)c(C(F)(F)F)nn1-c1ccccc1Cl. The highest BCUT2D eigenvalue weighted by molar-refractivity contribution is 6.33. The highest BCUT2D eigenvalue weighted by Gasteiger charge is 2.44. The topological polar surface area (TPSA) is 94.8 Å². The van der Waals surface area contributed by atoms with E-state index in [0.29, 0.717) is 5.69 Å². The Morgan fingerprint density at radius 1 is 1.00 bits per heavy atom. The normalized spacial score (nSPS) is 11.8. The first-order valence-corrected chi connectivity index (χ1v) is 11.7. The minimum absolute atomic E-state index is 0.00631. The third kappa shape index (κ3) is 6.60. The largest absolute Gasteiger partial charge is 0.466 e. The molecule has 0 aliphatic rings. The standard InChI is InChI=1S/C24H21Cl2F3N4O4/c1-3-36-19(34)13-17(31-30-16-11-7-5-9-14(16)25)21-20(23(35)37-4-2)22(24(27,28)29)32-33(21)18-12-8-6-10-15(18)26/h5-12,30H,3-4,13H2,1-2H3/b31-17+. The van der Waals surface area contributed by atoms with E-state index in [4.69, 9.17) is 32.7 Å². The number of hydrazone groups is 1. The highest BCUT2D eigenvalue weighted by atomic mass is 35.5. The van der Waals surface area contributed by atoms with Crippen molar-refractivity contribution in [1.82, 2.24) is 9.78 Å². The van der Waals surface area contributed by atoms with E-state index in [9.17, 15) is 22.8 Å². The number of nitrogens with zero attached hydrogens (tertiary/aromatic N) is 3. The lowest BCUT2D eigenvalue weighted by atomic mass is 10.1. The number of anilines is 1. The molecule has 196 valence electrons. The highest BCUT2D eigenvalue weighted by Crippen LogP contribution is 2.36. The average Bonchev–Trinajstić information content (AvgIpc) is 3.24. The molecule has 3 rings (SSSR count). The summed E-state index contributed by atoms with van der Waals surface area (Å²) in [6, 6.07) is 12.4. The number of halogens is 5. The van der Waals surface area contributed by atoms with Crippen molar-refractivity contribution in [3.63, 3.8) is 0 Å². The summed E-state index contributed by atoms with van der Waals surface area (Å²) in [5.41, 5.74) is -0.276. The van der Waals surface area contributed by atoms with Crippen molar-refractivity contribution in [1.29, 1.82) is 0 Å². The number of ether oxygens (including phenoxy) is 2. The zero-order chi connectivity index (χ0) is 27.2. The molecular weight excluding hydrogens is 536 g/mol. The van der Waals surface area contributed by atoms with Crippen LogP contribution < -0.4 is 5.43 Å². The first-order chi connectivity index (χ1) is 17.6. The number of aromatic nitrogens is 2. The number of rotatable bonds is 9. The first kappa shape index (κ1) is 28.0. The third-order valence-corrected chi connectivity index (χ3v) is 5.44. The van der Waals surface area contributed by atoms with Gasteiger partial charge >= 0.3 is 18.1 Å². The van der Waals surface area contributed by atoms with Gasteiger partial charge in [-0.15, -0.1) is 0 Å². The fraction of sp³-hybridized carbons (Fsp3) is 0.250. The van der Waals surface area contributed by atoms with Crippen molar-refractivity contribution in [2.75, 3.05) is 18.6 Å². The molecule has 0 spiro atoms. The van der Waals surface area contributed by atoms with E-state index in [0.717, 1.165) is 4.68 Å². The summed E-state index contributed by atoms with van der Waals surface area (Å²) in [5.74, 6) is -2.12. The number of alkyl halides is 3. The van der Waals surface area contributed by atoms with Gasteiger partial charge in [-0.2, -0.15) is 23.4 Å². The van der Waals surface area contributed by atoms with Crippen LogP contribution in [0.15, 0.2) is 53.6 Å². The second kappa shape index (κ2) is 12.1. The zero-order valence-corrected chi connectivity index (χ0v) is 21.1. The maximum atomic E-state index is 14.1. The molecule has 0 radical (unpaired) electrons. The Morgan fingerprint density at radius 2 is 1.62 bits per heavy atom. The van der Waals surface area contributed by atoms with Crippen LogP contribution in [0.5, 0.6) is 0 Å². The molecule has 3 aromatic rings. The van der Waals surface area contributed by atoms with E-state index < -0.39 is 41.5 Å². The van der Waals surface area contributed by atoms with Gasteiger partial charge < -0.3 is 9.47 Å². The van der Waals surface area contributed by atoms with Crippen LogP contribution in [0.1, 0.15) is 42.0 Å². The molecule has 0 atom stereocenters. The van der Waals surface area contributed by atoms with Crippen LogP contribution in [0.4, 0.5) is 18.9 Å². The Kier molecular flexibility index (Phi) is 9.17. The molecule has 0 fully saturated rings. The second-order valence-corrected chi connectivity index (χ2v) is 8.10. The number of esters is 2. The van der Waals surface area contributed by atoms with Gasteiger partial charge in [-0.25, -0.2) is 9.48 Å². The van der Waals surface area contributed by atoms with Crippen molar-refractivity contribution in [2.24, 2.45) is 5.10 Å². The van der Waals surface area contributed by atoms with Crippen molar-refractivity contribution < 1.29 is 32.2 Å². The van der Waals surface area contributed by atoms with Crippen molar-refractivity contribution in [3.05, 3.63) is 75.5 Å². The van der Waals surface area contributed by atoms with Gasteiger partial charge in [-0.05, 0) is 38.1 Å². The molecular formula is C24H21Cl2F3N4O4. The molecule has 0 aliphatic heterocycles. The van der Waals surface area contributed by atoms with Crippen LogP contribution in [0.2, 0.25) is 10.0 Å². The lowest BCUT2D eigenvalue weighted by Gasteiger charge is -2.14. The smallest absolute Gasteiger partial charge is 0.436 e. The van der Waals surface area contributed by atoms with Crippen LogP contribution in [0.25, 0.3) is 5.69 Å². The summed E-state index contributed by atoms with van der Waals surface area (Å²) in [6.07, 6.45) is -5.68. The lowest BCUT2D eigenvalue weighted by molar-refractivity contribution is -0.142. The van der Waals surface area contributed by atoms with E-state index in [1.807, 2.05) is 0 Å². The second-order valence-electron chi connectivity index (χ2n) is 7.29. The van der Waals surface area contributed by atoms with Crippen molar-refractivity contribution in [2.45, 2.75) is 26.4 Å². The third-order valence-electron chi connectivity index (χ3n) is 4.79. The number of hydrogen-bond acceptors (Lipinski definition) is 7. The van der Waals surface area contributed by atoms with E-state index >= 15 is 0 Å². The predicted molar refractivity (Wildman–Crippen MR) is 132 cm³/mol. The summed E-state index contributed by atoms with van der Waals surface area (Å²) < 4.78 is 53.1. The number of nitrogens with one attached hydrogen (secondary N) is 1. The van der Waals surface area contributed by atoms with E-state index in [1.54, 1.807) is 37.3 Å². The summed E-state index contributed by atoms with van der Waals surface area (Å²) in [6.45, 7) is 2.80. The van der Waals surface area contributed by atoms with Crippen LogP contribution in [0, 0.1) is 0 Å². The van der Waals surface area contributed by atoms with Crippen LogP contribution >= 0.6 is 23.2 Å². The monoisotopic (exact) mass is 556 g/mol. The number of benzene rings is 2. The van der Waals surface area contributed by atoms with Gasteiger partial charge in [0.15, 0.2) is 5.69 Å². The molecule has 2 aromatic carbocycles. The van der Waals surface area contributed by atoms with E-state index in [-0.39, 0.29) is 34.7 Å². The number of carbonyl (C=O) groups excluding carboxylic acids is 2. The van der Waals surface area contributed by atoms with Gasteiger partial charge in [0, 0.05) is 0 Å². The van der Waals surface area contributed by atoms with Gasteiger partial charge in [-0.1, -0.05) is 47.5 Å². The zero-order valence-electron chi connectivity index (χ0n) is 19.6. The Morgan fingerprint density at radius 3 is 2.22 bits per heavy atom. The number of para-hydroxylation sites is 2. The van der Waals surface area contributed by atoms with Crippen LogP contribution in [0.3, 0.4) is 0 Å². The van der Waals surface area contributed by atoms with Gasteiger partial charge in [0.05, 0.1) is 46.8 Å². The summed E-state index contributed by atoms with van der Waals surface area (Å²) >= 11 is 12.4. The molecule has 0 saturated carbocycles. The predicted octanol–water partition coefficient (Wildman–Crippen LogP) is 6.14. The van der Waals surface area contributed by atoms with Gasteiger partial charge in [0.25, 0.3) is 0 Å². The Hall–Kier alpha value is -3.57. The molecule has 1 heterocycles. The molecule has 37 heavy (non-hydrogen) atoms. The van der Waals surface area contributed by atoms with E-state index in [2.05, 4.69) is 15.6 Å². The first-order valence-electron chi connectivity index (χ1n) is 10.9. The molecule has 8 nitrogen and oxygen atoms in total. The molecule has 0 saturated heterocycles. The Bertz CT molecular complexity index is 1330. The van der Waals surface area contributed by atoms with E-state index in [1.165, 1.54) is 25.1 Å². The summed E-state index contributed by atoms with van der Waals surface area (Å²) in [7, 11) is 0. The minimum atomic E-state index is -5.06. The van der Waals surface area contributed by atoms with Gasteiger partial charge in [0.1, 0.15) is 11.3 Å². The van der Waals surface area contributed by atoms with Gasteiger partial charge in [0.2, 0.25) is 0 Å². The summed E-state index contributed by atoms with van der Waals surface area (Å²) in [4.78, 5) is 25.4. The molecule has 0 aliphatic carbocycles.